The predicted molar refractivity (Wildman–Crippen MR) is 76.3 cm³/mol. The van der Waals surface area contributed by atoms with E-state index in [1.165, 1.54) is 18.5 Å². The minimum Gasteiger partial charge on any atom is -0.316 e. The molecule has 0 fully saturated rings. The Balaban J connectivity index is 2.87. The maximum absolute atomic E-state index is 4.45. The molecule has 0 spiro atoms. The Morgan fingerprint density at radius 1 is 1.35 bits per heavy atom. The summed E-state index contributed by atoms with van der Waals surface area (Å²) in [5, 5.41) is 7.91. The molecule has 0 saturated heterocycles. The minimum atomic E-state index is 0.524. The number of aromatic nitrogens is 2. The van der Waals surface area contributed by atoms with Crippen molar-refractivity contribution < 1.29 is 0 Å². The summed E-state index contributed by atoms with van der Waals surface area (Å²) < 4.78 is 3.15. The second-order valence-corrected chi connectivity index (χ2v) is 5.44. The molecular weight excluding hydrogens is 278 g/mol. The molecule has 0 saturated carbocycles. The summed E-state index contributed by atoms with van der Waals surface area (Å²) in [4.78, 5) is 0. The Bertz CT molecular complexity index is 356. The van der Waals surface area contributed by atoms with Gasteiger partial charge in [-0.25, -0.2) is 0 Å². The molecule has 1 atom stereocenters. The van der Waals surface area contributed by atoms with Crippen molar-refractivity contribution in [3.05, 3.63) is 15.9 Å². The van der Waals surface area contributed by atoms with Crippen molar-refractivity contribution in [3.63, 3.8) is 0 Å². The average Bonchev–Trinajstić information content (AvgIpc) is 2.55. The lowest BCUT2D eigenvalue weighted by Crippen LogP contribution is -2.35. The number of rotatable bonds is 6. The summed E-state index contributed by atoms with van der Waals surface area (Å²) >= 11 is 3.64. The molecule has 1 heterocycles. The predicted octanol–water partition coefficient (Wildman–Crippen LogP) is 3.06. The van der Waals surface area contributed by atoms with Crippen LogP contribution in [0.5, 0.6) is 0 Å². The number of nitrogens with one attached hydrogen (secondary N) is 1. The molecule has 0 amide bonds. The van der Waals surface area contributed by atoms with Crippen molar-refractivity contribution in [2.75, 3.05) is 7.05 Å². The van der Waals surface area contributed by atoms with Gasteiger partial charge in [0.05, 0.1) is 15.9 Å². The van der Waals surface area contributed by atoms with Crippen molar-refractivity contribution in [2.45, 2.75) is 46.1 Å². The standard InChI is InChI=1S/C13H24BrN3/c1-6-10(7-2)11(15-4)8-12-13(14)9(3)16-17(12)5/h10-11,15H,6-8H2,1-5H3. The first-order chi connectivity index (χ1) is 8.04. The van der Waals surface area contributed by atoms with Crippen LogP contribution in [-0.2, 0) is 13.5 Å². The number of halogens is 1. The molecule has 0 radical (unpaired) electrons. The highest BCUT2D eigenvalue weighted by molar-refractivity contribution is 9.10. The van der Waals surface area contributed by atoms with Gasteiger partial charge in [0.2, 0.25) is 0 Å². The van der Waals surface area contributed by atoms with Gasteiger partial charge in [0.1, 0.15) is 0 Å². The highest BCUT2D eigenvalue weighted by Crippen LogP contribution is 2.24. The van der Waals surface area contributed by atoms with Gasteiger partial charge >= 0.3 is 0 Å². The minimum absolute atomic E-state index is 0.524. The van der Waals surface area contributed by atoms with E-state index in [0.29, 0.717) is 6.04 Å². The molecule has 0 aliphatic rings. The van der Waals surface area contributed by atoms with Gasteiger partial charge in [0.15, 0.2) is 0 Å². The quantitative estimate of drug-likeness (QED) is 0.875. The second-order valence-electron chi connectivity index (χ2n) is 4.65. The fourth-order valence-electron chi connectivity index (χ4n) is 2.47. The lowest BCUT2D eigenvalue weighted by Gasteiger charge is -2.25. The SMILES string of the molecule is CCC(CC)C(Cc1c(Br)c(C)nn1C)NC. The normalized spacial score (nSPS) is 13.4. The van der Waals surface area contributed by atoms with E-state index in [1.807, 2.05) is 18.7 Å². The first kappa shape index (κ1) is 14.7. The Kier molecular flexibility index (Phi) is 5.67. The zero-order valence-corrected chi connectivity index (χ0v) is 13.1. The highest BCUT2D eigenvalue weighted by atomic mass is 79.9. The molecule has 0 bridgehead atoms. The Hall–Kier alpha value is -0.350. The van der Waals surface area contributed by atoms with E-state index in [4.69, 9.17) is 0 Å². The molecule has 1 unspecified atom stereocenters. The van der Waals surface area contributed by atoms with E-state index in [1.54, 1.807) is 0 Å². The van der Waals surface area contributed by atoms with Gasteiger partial charge < -0.3 is 5.32 Å². The molecule has 3 nitrogen and oxygen atoms in total. The van der Waals surface area contributed by atoms with Crippen molar-refractivity contribution in [3.8, 4) is 0 Å². The van der Waals surface area contributed by atoms with E-state index >= 15 is 0 Å². The molecule has 4 heteroatoms. The topological polar surface area (TPSA) is 29.9 Å². The second kappa shape index (κ2) is 6.55. The van der Waals surface area contributed by atoms with Gasteiger partial charge in [-0.2, -0.15) is 5.10 Å². The van der Waals surface area contributed by atoms with E-state index in [-0.39, 0.29) is 0 Å². The summed E-state index contributed by atoms with van der Waals surface area (Å²) in [6.07, 6.45) is 3.47. The van der Waals surface area contributed by atoms with Crippen LogP contribution in [0.25, 0.3) is 0 Å². The summed E-state index contributed by atoms with van der Waals surface area (Å²) in [5.41, 5.74) is 2.36. The summed E-state index contributed by atoms with van der Waals surface area (Å²) in [7, 11) is 4.08. The van der Waals surface area contributed by atoms with Crippen LogP contribution in [0.1, 0.15) is 38.1 Å². The van der Waals surface area contributed by atoms with Crippen LogP contribution in [0.3, 0.4) is 0 Å². The van der Waals surface area contributed by atoms with Crippen LogP contribution in [-0.4, -0.2) is 22.9 Å². The van der Waals surface area contributed by atoms with E-state index < -0.39 is 0 Å². The van der Waals surface area contributed by atoms with Gasteiger partial charge in [0, 0.05) is 19.5 Å². The summed E-state index contributed by atoms with van der Waals surface area (Å²) in [6.45, 7) is 6.57. The maximum Gasteiger partial charge on any atom is 0.0738 e. The zero-order valence-electron chi connectivity index (χ0n) is 11.5. The Morgan fingerprint density at radius 2 is 1.94 bits per heavy atom. The molecule has 98 valence electrons. The Morgan fingerprint density at radius 3 is 2.29 bits per heavy atom. The highest BCUT2D eigenvalue weighted by Gasteiger charge is 2.21. The van der Waals surface area contributed by atoms with Crippen molar-refractivity contribution in [2.24, 2.45) is 13.0 Å². The van der Waals surface area contributed by atoms with Gasteiger partial charge in [-0.15, -0.1) is 0 Å². The van der Waals surface area contributed by atoms with Crippen LogP contribution in [0.15, 0.2) is 4.47 Å². The zero-order chi connectivity index (χ0) is 13.0. The van der Waals surface area contributed by atoms with E-state index in [0.717, 1.165) is 22.5 Å². The van der Waals surface area contributed by atoms with E-state index in [9.17, 15) is 0 Å². The van der Waals surface area contributed by atoms with Crippen LogP contribution in [0, 0.1) is 12.8 Å². The van der Waals surface area contributed by atoms with Gasteiger partial charge in [-0.05, 0) is 35.8 Å². The molecular formula is C13H24BrN3. The fraction of sp³-hybridized carbons (Fsp3) is 0.769. The molecule has 0 aliphatic carbocycles. The molecule has 17 heavy (non-hydrogen) atoms. The smallest absolute Gasteiger partial charge is 0.0738 e. The lowest BCUT2D eigenvalue weighted by molar-refractivity contribution is 0.344. The van der Waals surface area contributed by atoms with Crippen molar-refractivity contribution in [1.29, 1.82) is 0 Å². The fourth-order valence-corrected chi connectivity index (χ4v) is 2.97. The number of hydrogen-bond acceptors (Lipinski definition) is 2. The monoisotopic (exact) mass is 301 g/mol. The lowest BCUT2D eigenvalue weighted by atomic mass is 9.91. The van der Waals surface area contributed by atoms with Gasteiger partial charge in [0.25, 0.3) is 0 Å². The maximum atomic E-state index is 4.45. The number of hydrogen-bond donors (Lipinski definition) is 1. The summed E-state index contributed by atoms with van der Waals surface area (Å²) in [5.74, 6) is 0.724. The molecule has 1 N–H and O–H groups in total. The summed E-state index contributed by atoms with van der Waals surface area (Å²) in [6, 6.07) is 0.524. The van der Waals surface area contributed by atoms with Gasteiger partial charge in [-0.3, -0.25) is 4.68 Å². The molecule has 1 aromatic rings. The van der Waals surface area contributed by atoms with Crippen LogP contribution in [0.2, 0.25) is 0 Å². The Labute approximate surface area is 113 Å². The van der Waals surface area contributed by atoms with Crippen molar-refractivity contribution in [1.82, 2.24) is 15.1 Å². The first-order valence-corrected chi connectivity index (χ1v) is 7.19. The van der Waals surface area contributed by atoms with Crippen LogP contribution in [0.4, 0.5) is 0 Å². The van der Waals surface area contributed by atoms with Crippen molar-refractivity contribution >= 4 is 15.9 Å². The molecule has 1 rings (SSSR count). The molecule has 1 aromatic heterocycles. The van der Waals surface area contributed by atoms with Gasteiger partial charge in [-0.1, -0.05) is 26.7 Å². The third-order valence-electron chi connectivity index (χ3n) is 3.66. The average molecular weight is 302 g/mol. The van der Waals surface area contributed by atoms with E-state index in [2.05, 4.69) is 47.2 Å². The largest absolute Gasteiger partial charge is 0.316 e. The third-order valence-corrected chi connectivity index (χ3v) is 4.69. The molecule has 0 aliphatic heterocycles. The third kappa shape index (κ3) is 3.32. The number of likely N-dealkylation sites (N-methyl/N-ethyl adjacent to an activating group) is 1. The molecule has 0 aromatic carbocycles. The van der Waals surface area contributed by atoms with Crippen LogP contribution < -0.4 is 5.32 Å². The first-order valence-electron chi connectivity index (χ1n) is 6.40. The number of aryl methyl sites for hydroxylation is 2. The number of nitrogens with zero attached hydrogens (tertiary/aromatic N) is 2. The van der Waals surface area contributed by atoms with Crippen LogP contribution >= 0.6 is 15.9 Å².